The van der Waals surface area contributed by atoms with Crippen LogP contribution in [-0.4, -0.2) is 31.1 Å². The average Bonchev–Trinajstić information content (AvgIpc) is 3.01. The van der Waals surface area contributed by atoms with E-state index >= 15 is 0 Å². The molecule has 2 N–H and O–H groups in total. The van der Waals surface area contributed by atoms with E-state index in [1.807, 2.05) is 13.0 Å². The highest BCUT2D eigenvalue weighted by Crippen LogP contribution is 2.33. The smallest absolute Gasteiger partial charge is 0.123 e. The molecule has 3 rings (SSSR count). The second kappa shape index (κ2) is 9.07. The normalized spacial score (nSPS) is 20.6. The van der Waals surface area contributed by atoms with E-state index in [1.54, 1.807) is 0 Å². The minimum atomic E-state index is 0. The number of hydrogen-bond donors (Lipinski definition) is 1. The summed E-state index contributed by atoms with van der Waals surface area (Å²) in [6.07, 6.45) is 0. The van der Waals surface area contributed by atoms with Crippen molar-refractivity contribution in [3.63, 3.8) is 0 Å². The number of ether oxygens (including phenoxy) is 1. The Morgan fingerprint density at radius 1 is 1.04 bits per heavy atom. The first-order valence-electron chi connectivity index (χ1n) is 8.50. The second-order valence-electron chi connectivity index (χ2n) is 6.25. The van der Waals surface area contributed by atoms with Gasteiger partial charge in [0, 0.05) is 31.1 Å². The average molecular weight is 347 g/mol. The molecule has 3 nitrogen and oxygen atoms in total. The fraction of sp³-hybridized carbons (Fsp3) is 0.400. The minimum Gasteiger partial charge on any atom is -0.494 e. The van der Waals surface area contributed by atoms with Crippen LogP contribution in [0.1, 0.15) is 24.0 Å². The molecule has 0 radical (unpaired) electrons. The lowest BCUT2D eigenvalue weighted by atomic mass is 9.89. The quantitative estimate of drug-likeness (QED) is 0.867. The molecule has 2 atom stereocenters. The van der Waals surface area contributed by atoms with E-state index in [0.717, 1.165) is 31.9 Å². The molecule has 0 bridgehead atoms. The summed E-state index contributed by atoms with van der Waals surface area (Å²) in [5.74, 6) is 2.06. The number of halogens is 1. The van der Waals surface area contributed by atoms with Gasteiger partial charge in [-0.25, -0.2) is 0 Å². The molecule has 0 aliphatic carbocycles. The third kappa shape index (κ3) is 4.29. The van der Waals surface area contributed by atoms with Crippen LogP contribution in [0.5, 0.6) is 5.75 Å². The van der Waals surface area contributed by atoms with Gasteiger partial charge in [-0.1, -0.05) is 48.5 Å². The van der Waals surface area contributed by atoms with Crippen LogP contribution in [0.3, 0.4) is 0 Å². The Bertz CT molecular complexity index is 620. The summed E-state index contributed by atoms with van der Waals surface area (Å²) in [6.45, 7) is 6.51. The topological polar surface area (TPSA) is 38.5 Å². The molecule has 1 fully saturated rings. The SMILES string of the molecule is CCOc1ccccc1CN1C[C@@H](CN)[C@H](c2ccccc2)C1.Cl. The van der Waals surface area contributed by atoms with Crippen molar-refractivity contribution in [1.29, 1.82) is 0 Å². The maximum atomic E-state index is 6.04. The summed E-state index contributed by atoms with van der Waals surface area (Å²) in [7, 11) is 0. The van der Waals surface area contributed by atoms with E-state index in [0.29, 0.717) is 18.4 Å². The van der Waals surface area contributed by atoms with E-state index in [2.05, 4.69) is 53.4 Å². The van der Waals surface area contributed by atoms with Gasteiger partial charge in [-0.15, -0.1) is 12.4 Å². The van der Waals surface area contributed by atoms with Crippen LogP contribution in [0, 0.1) is 5.92 Å². The van der Waals surface area contributed by atoms with Gasteiger partial charge in [0.25, 0.3) is 0 Å². The largest absolute Gasteiger partial charge is 0.494 e. The maximum absolute atomic E-state index is 6.04. The number of likely N-dealkylation sites (tertiary alicyclic amines) is 1. The Morgan fingerprint density at radius 3 is 2.46 bits per heavy atom. The number of para-hydroxylation sites is 1. The molecule has 1 aliphatic heterocycles. The fourth-order valence-electron chi connectivity index (χ4n) is 3.58. The van der Waals surface area contributed by atoms with Gasteiger partial charge in [-0.05, 0) is 31.0 Å². The van der Waals surface area contributed by atoms with Gasteiger partial charge in [-0.2, -0.15) is 0 Å². The van der Waals surface area contributed by atoms with Gasteiger partial charge >= 0.3 is 0 Å². The molecule has 130 valence electrons. The van der Waals surface area contributed by atoms with Gasteiger partial charge in [0.2, 0.25) is 0 Å². The number of rotatable bonds is 6. The Morgan fingerprint density at radius 2 is 1.75 bits per heavy atom. The molecular formula is C20H27ClN2O. The summed E-state index contributed by atoms with van der Waals surface area (Å²) < 4.78 is 5.76. The van der Waals surface area contributed by atoms with E-state index in [4.69, 9.17) is 10.5 Å². The Hall–Kier alpha value is -1.55. The molecule has 1 saturated heterocycles. The van der Waals surface area contributed by atoms with Gasteiger partial charge in [0.15, 0.2) is 0 Å². The lowest BCUT2D eigenvalue weighted by molar-refractivity contribution is 0.297. The number of nitrogens with zero attached hydrogens (tertiary/aromatic N) is 1. The zero-order chi connectivity index (χ0) is 16.1. The molecule has 0 unspecified atom stereocenters. The third-order valence-corrected chi connectivity index (χ3v) is 4.71. The summed E-state index contributed by atoms with van der Waals surface area (Å²) in [5.41, 5.74) is 8.71. The molecule has 2 aromatic carbocycles. The molecule has 2 aromatic rings. The molecule has 24 heavy (non-hydrogen) atoms. The van der Waals surface area contributed by atoms with E-state index in [-0.39, 0.29) is 12.4 Å². The molecular weight excluding hydrogens is 320 g/mol. The highest BCUT2D eigenvalue weighted by Gasteiger charge is 2.32. The molecule has 0 aromatic heterocycles. The number of hydrogen-bond acceptors (Lipinski definition) is 3. The summed E-state index contributed by atoms with van der Waals surface area (Å²) in [5, 5.41) is 0. The van der Waals surface area contributed by atoms with Crippen LogP contribution in [-0.2, 0) is 6.54 Å². The van der Waals surface area contributed by atoms with Gasteiger partial charge in [0.05, 0.1) is 6.61 Å². The number of benzene rings is 2. The minimum absolute atomic E-state index is 0. The van der Waals surface area contributed by atoms with E-state index in [1.165, 1.54) is 11.1 Å². The summed E-state index contributed by atoms with van der Waals surface area (Å²) >= 11 is 0. The summed E-state index contributed by atoms with van der Waals surface area (Å²) in [6, 6.07) is 19.1. The molecule has 1 heterocycles. The van der Waals surface area contributed by atoms with Crippen molar-refractivity contribution < 1.29 is 4.74 Å². The summed E-state index contributed by atoms with van der Waals surface area (Å²) in [4.78, 5) is 2.51. The standard InChI is InChI=1S/C20H26N2O.ClH/c1-2-23-20-11-7-6-10-17(20)13-22-14-18(12-21)19(15-22)16-8-4-3-5-9-16;/h3-11,18-19H,2,12-15,21H2,1H3;1H/t18-,19+;/m1./s1. The Kier molecular flexibility index (Phi) is 7.10. The fourth-order valence-corrected chi connectivity index (χ4v) is 3.58. The maximum Gasteiger partial charge on any atom is 0.123 e. The molecule has 0 saturated carbocycles. The van der Waals surface area contributed by atoms with Crippen molar-refractivity contribution in [3.8, 4) is 5.75 Å². The highest BCUT2D eigenvalue weighted by atomic mass is 35.5. The lowest BCUT2D eigenvalue weighted by Crippen LogP contribution is -2.23. The molecule has 4 heteroatoms. The highest BCUT2D eigenvalue weighted by molar-refractivity contribution is 5.85. The molecule has 1 aliphatic rings. The van der Waals surface area contributed by atoms with Crippen molar-refractivity contribution in [2.24, 2.45) is 11.7 Å². The third-order valence-electron chi connectivity index (χ3n) is 4.71. The van der Waals surface area contributed by atoms with Gasteiger partial charge in [0.1, 0.15) is 5.75 Å². The van der Waals surface area contributed by atoms with Crippen LogP contribution >= 0.6 is 12.4 Å². The molecule has 0 amide bonds. The first-order chi connectivity index (χ1) is 11.3. The van der Waals surface area contributed by atoms with Crippen molar-refractivity contribution >= 4 is 12.4 Å². The molecule has 0 spiro atoms. The zero-order valence-corrected chi connectivity index (χ0v) is 15.0. The van der Waals surface area contributed by atoms with Crippen molar-refractivity contribution in [2.45, 2.75) is 19.4 Å². The predicted molar refractivity (Wildman–Crippen MR) is 102 cm³/mol. The van der Waals surface area contributed by atoms with Crippen LogP contribution in [0.15, 0.2) is 54.6 Å². The van der Waals surface area contributed by atoms with Crippen molar-refractivity contribution in [3.05, 3.63) is 65.7 Å². The van der Waals surface area contributed by atoms with E-state index in [9.17, 15) is 0 Å². The Balaban J connectivity index is 0.00000208. The van der Waals surface area contributed by atoms with Crippen molar-refractivity contribution in [1.82, 2.24) is 4.90 Å². The number of nitrogens with two attached hydrogens (primary N) is 1. The van der Waals surface area contributed by atoms with Crippen LogP contribution < -0.4 is 10.5 Å². The predicted octanol–water partition coefficient (Wildman–Crippen LogP) is 3.68. The lowest BCUT2D eigenvalue weighted by Gasteiger charge is -2.18. The second-order valence-corrected chi connectivity index (χ2v) is 6.25. The van der Waals surface area contributed by atoms with Crippen molar-refractivity contribution in [2.75, 3.05) is 26.2 Å². The van der Waals surface area contributed by atoms with Crippen LogP contribution in [0.4, 0.5) is 0 Å². The first-order valence-corrected chi connectivity index (χ1v) is 8.50. The van der Waals surface area contributed by atoms with Crippen LogP contribution in [0.2, 0.25) is 0 Å². The van der Waals surface area contributed by atoms with Crippen LogP contribution in [0.25, 0.3) is 0 Å². The zero-order valence-electron chi connectivity index (χ0n) is 14.2. The first kappa shape index (κ1) is 18.8. The van der Waals surface area contributed by atoms with Gasteiger partial charge < -0.3 is 10.5 Å². The Labute approximate surface area is 151 Å². The van der Waals surface area contributed by atoms with E-state index < -0.39 is 0 Å². The monoisotopic (exact) mass is 346 g/mol. The van der Waals surface area contributed by atoms with Gasteiger partial charge in [-0.3, -0.25) is 4.90 Å².